The van der Waals surface area contributed by atoms with Crippen LogP contribution in [0.25, 0.3) is 21.3 Å². The molecule has 3 heterocycles. The fourth-order valence-corrected chi connectivity index (χ4v) is 8.47. The summed E-state index contributed by atoms with van der Waals surface area (Å²) in [5, 5.41) is 14.1. The van der Waals surface area contributed by atoms with Gasteiger partial charge in [0, 0.05) is 74.4 Å². The molecule has 1 saturated heterocycles. The van der Waals surface area contributed by atoms with Gasteiger partial charge in [-0.3, -0.25) is 4.98 Å². The molecule has 0 saturated carbocycles. The first-order chi connectivity index (χ1) is 31.9. The van der Waals surface area contributed by atoms with Gasteiger partial charge in [0.2, 0.25) is 0 Å². The van der Waals surface area contributed by atoms with Crippen molar-refractivity contribution in [2.45, 2.75) is 39.0 Å². The number of rotatable bonds is 25. The number of nitrogen functional groups attached to an aromatic ring is 2. The molecule has 0 bridgehead atoms. The molecule has 65 heavy (non-hydrogen) atoms. The molecule has 0 unspecified atom stereocenters. The Morgan fingerprint density at radius 2 is 1.46 bits per heavy atom. The SMILES string of the molecule is COc1cc2c(Nc3ccc(Oc4cccc(N)c4)cc3)c(C#N)cnc2cc1OCCCN1CCN(CCCCCCOCCOCCOc2cc(-c3scnc3C)ccc2N)CC1. The molecule has 4 aromatic carbocycles. The standard InChI is InChI=1S/C50H60N8O6S/c1-36-50(65-35-55-36)37-11-16-44(53)46(29-37)63-28-27-61-26-25-60-23-6-4-3-5-17-57-19-21-58(22-20-57)18-8-24-62-48-32-45-43(31-47(48)59-2)49(38(33-51)34-54-45)56-40-12-14-41(15-13-40)64-42-10-7-9-39(52)30-42/h7,9-16,29-32,34-35H,3-6,8,17-28,52-53H2,1-2H3,(H,54,56). The Morgan fingerprint density at radius 1 is 0.723 bits per heavy atom. The summed E-state index contributed by atoms with van der Waals surface area (Å²) in [7, 11) is 1.62. The predicted molar refractivity (Wildman–Crippen MR) is 259 cm³/mol. The lowest BCUT2D eigenvalue weighted by molar-refractivity contribution is 0.0352. The van der Waals surface area contributed by atoms with Crippen LogP contribution < -0.4 is 35.7 Å². The highest BCUT2D eigenvalue weighted by atomic mass is 32.1. The molecule has 2 aromatic heterocycles. The largest absolute Gasteiger partial charge is 0.493 e. The van der Waals surface area contributed by atoms with Gasteiger partial charge in [-0.15, -0.1) is 11.3 Å². The van der Waals surface area contributed by atoms with Crippen LogP contribution in [0.4, 0.5) is 22.7 Å². The minimum atomic E-state index is 0.417. The minimum Gasteiger partial charge on any atom is -0.493 e. The van der Waals surface area contributed by atoms with Crippen LogP contribution in [0, 0.1) is 18.3 Å². The molecule has 1 fully saturated rings. The lowest BCUT2D eigenvalue weighted by Crippen LogP contribution is -2.46. The summed E-state index contributed by atoms with van der Waals surface area (Å²) < 4.78 is 35.4. The Bertz CT molecular complexity index is 2470. The maximum Gasteiger partial charge on any atom is 0.163 e. The zero-order valence-electron chi connectivity index (χ0n) is 37.4. The normalized spacial score (nSPS) is 13.1. The molecule has 0 spiro atoms. The number of unbranched alkanes of at least 4 members (excludes halogenated alkanes) is 3. The van der Waals surface area contributed by atoms with E-state index in [0.29, 0.717) is 89.9 Å². The summed E-state index contributed by atoms with van der Waals surface area (Å²) in [6, 6.07) is 26.7. The first kappa shape index (κ1) is 46.8. The van der Waals surface area contributed by atoms with E-state index in [4.69, 9.17) is 39.9 Å². The van der Waals surface area contributed by atoms with Crippen LogP contribution in [0.15, 0.2) is 90.6 Å². The number of benzene rings is 4. The van der Waals surface area contributed by atoms with Crippen LogP contribution in [0.3, 0.4) is 0 Å². The Hall–Kier alpha value is -6.15. The lowest BCUT2D eigenvalue weighted by atomic mass is 10.1. The maximum absolute atomic E-state index is 9.95. The number of nitrogens with one attached hydrogen (secondary N) is 1. The number of nitrogens with zero attached hydrogens (tertiary/aromatic N) is 5. The molecule has 342 valence electrons. The second kappa shape index (κ2) is 24.2. The number of aryl methyl sites for hydroxylation is 1. The van der Waals surface area contributed by atoms with Gasteiger partial charge >= 0.3 is 0 Å². The van der Waals surface area contributed by atoms with E-state index in [9.17, 15) is 5.26 Å². The topological polar surface area (TPSA) is 176 Å². The second-order valence-electron chi connectivity index (χ2n) is 15.9. The molecule has 0 atom stereocenters. The number of methoxy groups -OCH3 is 1. The van der Waals surface area contributed by atoms with Crippen molar-refractivity contribution in [1.82, 2.24) is 19.8 Å². The molecule has 0 amide bonds. The van der Waals surface area contributed by atoms with Crippen molar-refractivity contribution in [2.24, 2.45) is 0 Å². The molecular weight excluding hydrogens is 841 g/mol. The molecule has 14 nitrogen and oxygen atoms in total. The first-order valence-corrected chi connectivity index (χ1v) is 23.2. The van der Waals surface area contributed by atoms with Crippen molar-refractivity contribution in [3.63, 3.8) is 0 Å². The van der Waals surface area contributed by atoms with Crippen molar-refractivity contribution in [3.8, 4) is 45.3 Å². The Balaban J connectivity index is 0.731. The molecule has 5 N–H and O–H groups in total. The van der Waals surface area contributed by atoms with E-state index in [1.807, 2.05) is 85.2 Å². The van der Waals surface area contributed by atoms with Crippen LogP contribution >= 0.6 is 11.3 Å². The Labute approximate surface area is 386 Å². The van der Waals surface area contributed by atoms with Crippen molar-refractivity contribution in [2.75, 3.05) is 103 Å². The van der Waals surface area contributed by atoms with Gasteiger partial charge in [-0.1, -0.05) is 25.0 Å². The number of hydrogen-bond acceptors (Lipinski definition) is 15. The van der Waals surface area contributed by atoms with E-state index < -0.39 is 0 Å². The van der Waals surface area contributed by atoms with Gasteiger partial charge in [0.25, 0.3) is 0 Å². The molecule has 7 rings (SSSR count). The molecule has 0 radical (unpaired) electrons. The molecular formula is C50H60N8O6S. The van der Waals surface area contributed by atoms with Gasteiger partial charge < -0.3 is 55.0 Å². The number of ether oxygens (including phenoxy) is 6. The highest BCUT2D eigenvalue weighted by molar-refractivity contribution is 7.13. The quantitative estimate of drug-likeness (QED) is 0.0366. The number of piperazine rings is 1. The molecule has 1 aliphatic heterocycles. The van der Waals surface area contributed by atoms with Gasteiger partial charge in [-0.25, -0.2) is 4.98 Å². The number of pyridine rings is 1. The van der Waals surface area contributed by atoms with Crippen LogP contribution in [-0.4, -0.2) is 106 Å². The number of fused-ring (bicyclic) bond motifs is 1. The van der Waals surface area contributed by atoms with Crippen LogP contribution in [0.1, 0.15) is 43.4 Å². The van der Waals surface area contributed by atoms with Gasteiger partial charge in [-0.2, -0.15) is 5.26 Å². The molecule has 0 aliphatic carbocycles. The van der Waals surface area contributed by atoms with Gasteiger partial charge in [0.15, 0.2) is 11.5 Å². The number of nitrogens with two attached hydrogens (primary N) is 2. The number of nitriles is 1. The summed E-state index contributed by atoms with van der Waals surface area (Å²) in [6.07, 6.45) is 7.13. The summed E-state index contributed by atoms with van der Waals surface area (Å²) in [6.45, 7) is 11.8. The first-order valence-electron chi connectivity index (χ1n) is 22.3. The maximum atomic E-state index is 9.95. The third kappa shape index (κ3) is 13.7. The number of thiazole rings is 1. The monoisotopic (exact) mass is 900 g/mol. The van der Waals surface area contributed by atoms with Gasteiger partial charge in [-0.05, 0) is 92.9 Å². The predicted octanol–water partition coefficient (Wildman–Crippen LogP) is 9.31. The highest BCUT2D eigenvalue weighted by Gasteiger charge is 2.18. The zero-order chi connectivity index (χ0) is 45.2. The smallest absolute Gasteiger partial charge is 0.163 e. The van der Waals surface area contributed by atoms with Gasteiger partial charge in [0.05, 0.1) is 72.1 Å². The van der Waals surface area contributed by atoms with Crippen molar-refractivity contribution < 1.29 is 28.4 Å². The van der Waals surface area contributed by atoms with Crippen LogP contribution in [-0.2, 0) is 9.47 Å². The fraction of sp³-hybridized carbons (Fsp3) is 0.380. The summed E-state index contributed by atoms with van der Waals surface area (Å²) in [5.74, 6) is 3.20. The number of aromatic nitrogens is 2. The average Bonchev–Trinajstić information content (AvgIpc) is 3.76. The summed E-state index contributed by atoms with van der Waals surface area (Å²) in [4.78, 5) is 15.1. The van der Waals surface area contributed by atoms with Gasteiger partial charge in [0.1, 0.15) is 29.9 Å². The highest BCUT2D eigenvalue weighted by Crippen LogP contribution is 2.38. The van der Waals surface area contributed by atoms with E-state index in [2.05, 4.69) is 31.2 Å². The van der Waals surface area contributed by atoms with Crippen molar-refractivity contribution >= 4 is 45.0 Å². The van der Waals surface area contributed by atoms with Crippen LogP contribution in [0.5, 0.6) is 28.7 Å². The Kier molecular flexibility index (Phi) is 17.5. The van der Waals surface area contributed by atoms with E-state index in [0.717, 1.165) is 85.9 Å². The van der Waals surface area contributed by atoms with E-state index in [-0.39, 0.29) is 0 Å². The summed E-state index contributed by atoms with van der Waals surface area (Å²) >= 11 is 1.61. The molecule has 1 aliphatic rings. The lowest BCUT2D eigenvalue weighted by Gasteiger charge is -2.34. The molecule has 15 heteroatoms. The second-order valence-corrected chi connectivity index (χ2v) is 16.7. The minimum absolute atomic E-state index is 0.417. The zero-order valence-corrected chi connectivity index (χ0v) is 38.2. The average molecular weight is 901 g/mol. The number of hydrogen-bond donors (Lipinski definition) is 3. The number of anilines is 4. The van der Waals surface area contributed by atoms with E-state index in [1.54, 1.807) is 30.7 Å². The fourth-order valence-electron chi connectivity index (χ4n) is 7.67. The van der Waals surface area contributed by atoms with Crippen LogP contribution in [0.2, 0.25) is 0 Å². The van der Waals surface area contributed by atoms with E-state index in [1.165, 1.54) is 19.3 Å². The summed E-state index contributed by atoms with van der Waals surface area (Å²) in [5.41, 5.74) is 19.7. The van der Waals surface area contributed by atoms with Crippen molar-refractivity contribution in [1.29, 1.82) is 5.26 Å². The molecule has 6 aromatic rings. The third-order valence-electron chi connectivity index (χ3n) is 11.2. The Morgan fingerprint density at radius 3 is 2.20 bits per heavy atom. The third-order valence-corrected chi connectivity index (χ3v) is 12.2. The van der Waals surface area contributed by atoms with Crippen molar-refractivity contribution in [3.05, 3.63) is 102 Å². The van der Waals surface area contributed by atoms with E-state index >= 15 is 0 Å².